The highest BCUT2D eigenvalue weighted by molar-refractivity contribution is 7.94. The lowest BCUT2D eigenvalue weighted by Gasteiger charge is -2.18. The average Bonchev–Trinajstić information content (AvgIpc) is 2.55. The minimum Gasteiger partial charge on any atom is -0.508 e. The first-order valence-electron chi connectivity index (χ1n) is 6.17. The quantitative estimate of drug-likeness (QED) is 0.427. The van der Waals surface area contributed by atoms with Crippen LogP contribution in [0.3, 0.4) is 0 Å². The van der Waals surface area contributed by atoms with E-state index in [9.17, 15) is 34.5 Å². The fourth-order valence-electron chi connectivity index (χ4n) is 2.07. The number of hydrogen-bond acceptors (Lipinski definition) is 8. The van der Waals surface area contributed by atoms with E-state index < -0.39 is 46.7 Å². The molecule has 0 aliphatic carbocycles. The Morgan fingerprint density at radius 2 is 1.61 bits per heavy atom. The summed E-state index contributed by atoms with van der Waals surface area (Å²) in [6, 6.07) is 0. The Hall–Kier alpha value is -2.68. The van der Waals surface area contributed by atoms with Gasteiger partial charge < -0.3 is 35.4 Å². The van der Waals surface area contributed by atoms with Gasteiger partial charge in [0.15, 0.2) is 23.0 Å². The molecule has 0 spiro atoms. The lowest BCUT2D eigenvalue weighted by molar-refractivity contribution is 0.250. The van der Waals surface area contributed by atoms with E-state index in [4.69, 9.17) is 4.74 Å². The monoisotopic (exact) mass is 344 g/mol. The third-order valence-corrected chi connectivity index (χ3v) is 3.97. The number of aliphatic hydroxyl groups excluding tert-OH is 4. The zero-order chi connectivity index (χ0) is 17.5. The van der Waals surface area contributed by atoms with Gasteiger partial charge in [-0.05, 0) is 6.92 Å². The summed E-state index contributed by atoms with van der Waals surface area (Å²) in [5.41, 5.74) is -0.129. The van der Waals surface area contributed by atoms with E-state index in [0.717, 1.165) is 0 Å². The molecule has 0 unspecified atom stereocenters. The number of allylic oxidation sites excluding steroid dienone is 1. The normalized spacial score (nSPS) is 18.8. The summed E-state index contributed by atoms with van der Waals surface area (Å²) >= 11 is -0.337. The third kappa shape index (κ3) is 2.59. The number of aromatic hydroxyl groups is 2. The van der Waals surface area contributed by atoms with E-state index in [1.54, 1.807) is 0 Å². The van der Waals surface area contributed by atoms with E-state index in [1.165, 1.54) is 6.92 Å². The number of phenols is 2. The van der Waals surface area contributed by atoms with Crippen molar-refractivity contribution in [3.05, 3.63) is 46.5 Å². The number of ether oxygens (including phenoxy) is 1. The smallest absolute Gasteiger partial charge is 0.207 e. The fraction of sp³-hybridized carbons (Fsp3) is 0.143. The van der Waals surface area contributed by atoms with Crippen LogP contribution in [0, 0.1) is 6.92 Å². The van der Waals surface area contributed by atoms with Crippen LogP contribution >= 0.6 is 12.1 Å². The van der Waals surface area contributed by atoms with Crippen molar-refractivity contribution >= 4 is 12.1 Å². The van der Waals surface area contributed by atoms with Gasteiger partial charge in [-0.15, -0.1) is 0 Å². The van der Waals surface area contributed by atoms with Gasteiger partial charge in [0.1, 0.15) is 11.5 Å². The molecule has 0 saturated carbocycles. The molecule has 1 aliphatic rings. The Morgan fingerprint density at radius 1 is 1.00 bits per heavy atom. The standard InChI is InChI=1S/C14H13FO7S/c1-4-13-6(9(18)12(21)14(4)23-15)3-7(16)10(19)11(20)8(17)5(2)22-13/h16-21H,2-3H2,1H3/b10-7-,11-8?. The molecule has 6 N–H and O–H groups in total. The molecule has 7 nitrogen and oxygen atoms in total. The molecule has 0 bridgehead atoms. The predicted octanol–water partition coefficient (Wildman–Crippen LogP) is 3.49. The molecule has 0 radical (unpaired) electrons. The summed E-state index contributed by atoms with van der Waals surface area (Å²) < 4.78 is 18.2. The van der Waals surface area contributed by atoms with Crippen LogP contribution in [-0.4, -0.2) is 30.6 Å². The van der Waals surface area contributed by atoms with Gasteiger partial charge in [-0.3, -0.25) is 0 Å². The molecule has 0 saturated heterocycles. The lowest BCUT2D eigenvalue weighted by Crippen LogP contribution is -2.04. The van der Waals surface area contributed by atoms with Crippen molar-refractivity contribution in [2.24, 2.45) is 0 Å². The van der Waals surface area contributed by atoms with Crippen LogP contribution in [0.2, 0.25) is 0 Å². The zero-order valence-electron chi connectivity index (χ0n) is 11.8. The van der Waals surface area contributed by atoms with E-state index in [1.807, 2.05) is 0 Å². The van der Waals surface area contributed by atoms with Crippen molar-refractivity contribution in [3.8, 4) is 17.2 Å². The van der Waals surface area contributed by atoms with Gasteiger partial charge in [0.25, 0.3) is 0 Å². The van der Waals surface area contributed by atoms with Gasteiger partial charge in [0.2, 0.25) is 11.5 Å². The molecule has 1 aromatic rings. The highest BCUT2D eigenvalue weighted by Crippen LogP contribution is 2.49. The Balaban J connectivity index is 2.83. The van der Waals surface area contributed by atoms with Crippen LogP contribution in [0.1, 0.15) is 11.1 Å². The molecule has 124 valence electrons. The molecule has 23 heavy (non-hydrogen) atoms. The molecule has 1 aromatic carbocycles. The number of rotatable bonds is 1. The van der Waals surface area contributed by atoms with Gasteiger partial charge in [0.05, 0.1) is 17.0 Å². The third-order valence-electron chi connectivity index (χ3n) is 3.31. The van der Waals surface area contributed by atoms with Crippen molar-refractivity contribution in [2.75, 3.05) is 0 Å². The second-order valence-corrected chi connectivity index (χ2v) is 5.29. The molecule has 0 atom stereocenters. The molecule has 0 amide bonds. The largest absolute Gasteiger partial charge is 0.508 e. The average molecular weight is 344 g/mol. The Bertz CT molecular complexity index is 767. The fourth-order valence-corrected chi connectivity index (χ4v) is 2.44. The highest BCUT2D eigenvalue weighted by atomic mass is 32.2. The van der Waals surface area contributed by atoms with E-state index >= 15 is 0 Å². The number of phenolic OH excluding ortho intramolecular Hbond substituents is 2. The van der Waals surface area contributed by atoms with Crippen LogP contribution in [0.5, 0.6) is 17.2 Å². The molecule has 0 fully saturated rings. The minimum absolute atomic E-state index is 0.0606. The maximum Gasteiger partial charge on any atom is 0.207 e. The summed E-state index contributed by atoms with van der Waals surface area (Å²) in [7, 11) is 0. The highest BCUT2D eigenvalue weighted by Gasteiger charge is 2.29. The van der Waals surface area contributed by atoms with Crippen molar-refractivity contribution < 1.29 is 39.3 Å². The number of hydrogen-bond donors (Lipinski definition) is 6. The molecular weight excluding hydrogens is 331 g/mol. The van der Waals surface area contributed by atoms with Gasteiger partial charge >= 0.3 is 0 Å². The second kappa shape index (κ2) is 5.84. The van der Waals surface area contributed by atoms with Crippen LogP contribution in [0.25, 0.3) is 0 Å². The topological polar surface area (TPSA) is 131 Å². The van der Waals surface area contributed by atoms with Gasteiger partial charge in [-0.25, -0.2) is 0 Å². The Kier molecular flexibility index (Phi) is 4.24. The summed E-state index contributed by atoms with van der Waals surface area (Å²) in [6.45, 7) is 4.71. The Labute approximate surface area is 134 Å². The number of aliphatic hydroxyl groups is 4. The maximum absolute atomic E-state index is 13.0. The van der Waals surface area contributed by atoms with Crippen molar-refractivity contribution in [3.63, 3.8) is 0 Å². The molecule has 1 aliphatic heterocycles. The second-order valence-electron chi connectivity index (χ2n) is 4.73. The van der Waals surface area contributed by atoms with Crippen molar-refractivity contribution in [2.45, 2.75) is 18.2 Å². The first-order valence-corrected chi connectivity index (χ1v) is 6.89. The molecule has 0 aromatic heterocycles. The Morgan fingerprint density at radius 3 is 2.17 bits per heavy atom. The van der Waals surface area contributed by atoms with E-state index in [-0.39, 0.29) is 33.9 Å². The summed E-state index contributed by atoms with van der Waals surface area (Å²) in [5, 5.41) is 58.7. The van der Waals surface area contributed by atoms with E-state index in [0.29, 0.717) is 0 Å². The SMILES string of the molecule is C=C1Oc2c(C)c(SF)c(O)c(O)c2C/C(O)=C(/O)C(O)=C1O. The molecule has 9 heteroatoms. The predicted molar refractivity (Wildman–Crippen MR) is 79.5 cm³/mol. The minimum atomic E-state index is -1.08. The van der Waals surface area contributed by atoms with Gasteiger partial charge in [0, 0.05) is 17.5 Å². The molecular formula is C14H13FO7S. The molecule has 2 rings (SSSR count). The first kappa shape index (κ1) is 16.7. The first-order chi connectivity index (χ1) is 10.7. The van der Waals surface area contributed by atoms with Gasteiger partial charge in [-0.2, -0.15) is 3.89 Å². The molecule has 1 heterocycles. The number of fused-ring (bicyclic) bond motifs is 1. The summed E-state index contributed by atoms with van der Waals surface area (Å²) in [6.07, 6.45) is -0.566. The maximum atomic E-state index is 13.0. The lowest BCUT2D eigenvalue weighted by atomic mass is 10.0. The van der Waals surface area contributed by atoms with Crippen LogP contribution in [-0.2, 0) is 6.42 Å². The summed E-state index contributed by atoms with van der Waals surface area (Å²) in [4.78, 5) is -0.325. The van der Waals surface area contributed by atoms with Gasteiger partial charge in [-0.1, -0.05) is 6.58 Å². The van der Waals surface area contributed by atoms with Crippen LogP contribution < -0.4 is 4.74 Å². The zero-order valence-corrected chi connectivity index (χ0v) is 12.6. The van der Waals surface area contributed by atoms with E-state index in [2.05, 4.69) is 6.58 Å². The number of benzene rings is 1. The number of halogens is 1. The van der Waals surface area contributed by atoms with Crippen LogP contribution in [0.4, 0.5) is 3.89 Å². The van der Waals surface area contributed by atoms with Crippen LogP contribution in [0.15, 0.2) is 40.3 Å². The van der Waals surface area contributed by atoms with Crippen molar-refractivity contribution in [1.82, 2.24) is 0 Å². The summed E-state index contributed by atoms with van der Waals surface area (Å²) in [5.74, 6) is -6.16. The van der Waals surface area contributed by atoms with Crippen molar-refractivity contribution in [1.29, 1.82) is 0 Å².